The highest BCUT2D eigenvalue weighted by Crippen LogP contribution is 2.14. The first-order valence-electron chi connectivity index (χ1n) is 6.31. The number of anilines is 1. The Hall–Kier alpha value is -2.69. The number of nitrogens with two attached hydrogens (primary N) is 1. The highest BCUT2D eigenvalue weighted by atomic mass is 16.1. The van der Waals surface area contributed by atoms with Crippen LogP contribution in [0, 0.1) is 6.92 Å². The van der Waals surface area contributed by atoms with E-state index in [0.717, 1.165) is 11.1 Å². The molecular formula is C15H14N4O. The molecule has 0 unspecified atom stereocenters. The summed E-state index contributed by atoms with van der Waals surface area (Å²) in [5.41, 5.74) is 7.42. The summed E-state index contributed by atoms with van der Waals surface area (Å²) >= 11 is 0. The largest absolute Gasteiger partial charge is 0.385 e. The molecule has 100 valence electrons. The maximum absolute atomic E-state index is 12.5. The van der Waals surface area contributed by atoms with Crippen molar-refractivity contribution in [1.29, 1.82) is 0 Å². The molecule has 2 heterocycles. The van der Waals surface area contributed by atoms with Crippen molar-refractivity contribution in [1.82, 2.24) is 14.5 Å². The standard InChI is InChI=1S/C15H14N4O/c1-10-7-18-12(8-17-10)9-19-14(16)6-11-4-2-3-5-13(11)15(19)20/h2-8H,9,16H2,1H3. The van der Waals surface area contributed by atoms with E-state index >= 15 is 0 Å². The molecule has 0 fully saturated rings. The summed E-state index contributed by atoms with van der Waals surface area (Å²) in [7, 11) is 0. The minimum Gasteiger partial charge on any atom is -0.385 e. The molecule has 3 rings (SSSR count). The van der Waals surface area contributed by atoms with Crippen LogP contribution in [-0.4, -0.2) is 14.5 Å². The van der Waals surface area contributed by atoms with E-state index in [9.17, 15) is 4.79 Å². The lowest BCUT2D eigenvalue weighted by Crippen LogP contribution is -2.24. The van der Waals surface area contributed by atoms with E-state index in [1.807, 2.05) is 25.1 Å². The minimum atomic E-state index is -0.108. The van der Waals surface area contributed by atoms with Gasteiger partial charge in [-0.15, -0.1) is 0 Å². The smallest absolute Gasteiger partial charge is 0.260 e. The molecule has 0 bridgehead atoms. The van der Waals surface area contributed by atoms with Crippen LogP contribution in [0.25, 0.3) is 10.8 Å². The summed E-state index contributed by atoms with van der Waals surface area (Å²) in [6, 6.07) is 9.21. The van der Waals surface area contributed by atoms with Gasteiger partial charge in [0, 0.05) is 11.6 Å². The summed E-state index contributed by atoms with van der Waals surface area (Å²) in [4.78, 5) is 20.9. The zero-order valence-electron chi connectivity index (χ0n) is 11.1. The molecule has 3 aromatic rings. The molecule has 2 N–H and O–H groups in total. The van der Waals surface area contributed by atoms with Crippen LogP contribution in [0.3, 0.4) is 0 Å². The molecule has 0 aliphatic heterocycles. The van der Waals surface area contributed by atoms with Crippen molar-refractivity contribution >= 4 is 16.6 Å². The number of fused-ring (bicyclic) bond motifs is 1. The number of hydrogen-bond donors (Lipinski definition) is 1. The fourth-order valence-electron chi connectivity index (χ4n) is 2.14. The van der Waals surface area contributed by atoms with Crippen molar-refractivity contribution in [2.45, 2.75) is 13.5 Å². The van der Waals surface area contributed by atoms with Crippen molar-refractivity contribution in [3.05, 3.63) is 64.5 Å². The second-order valence-electron chi connectivity index (χ2n) is 4.70. The van der Waals surface area contributed by atoms with Crippen molar-refractivity contribution in [2.24, 2.45) is 0 Å². The van der Waals surface area contributed by atoms with Crippen LogP contribution in [0.5, 0.6) is 0 Å². The number of rotatable bonds is 2. The van der Waals surface area contributed by atoms with Gasteiger partial charge in [0.05, 0.1) is 24.1 Å². The first kappa shape index (κ1) is 12.3. The number of hydrogen-bond acceptors (Lipinski definition) is 4. The molecule has 0 aliphatic rings. The second-order valence-corrected chi connectivity index (χ2v) is 4.70. The second kappa shape index (κ2) is 4.77. The Balaban J connectivity index is 2.11. The van der Waals surface area contributed by atoms with Gasteiger partial charge in [-0.3, -0.25) is 19.3 Å². The van der Waals surface area contributed by atoms with Gasteiger partial charge >= 0.3 is 0 Å². The highest BCUT2D eigenvalue weighted by molar-refractivity contribution is 5.83. The lowest BCUT2D eigenvalue weighted by Gasteiger charge is -2.10. The van der Waals surface area contributed by atoms with Crippen LogP contribution in [0.4, 0.5) is 5.82 Å². The Labute approximate surface area is 115 Å². The summed E-state index contributed by atoms with van der Waals surface area (Å²) in [6.45, 7) is 2.19. The van der Waals surface area contributed by atoms with Crippen LogP contribution in [0.15, 0.2) is 47.5 Å². The van der Waals surface area contributed by atoms with Gasteiger partial charge in [0.1, 0.15) is 5.82 Å². The SMILES string of the molecule is Cc1cnc(Cn2c(N)cc3ccccc3c2=O)cn1. The summed E-state index contributed by atoms with van der Waals surface area (Å²) in [6.07, 6.45) is 3.34. The molecule has 0 radical (unpaired) electrons. The molecule has 20 heavy (non-hydrogen) atoms. The quantitative estimate of drug-likeness (QED) is 0.766. The van der Waals surface area contributed by atoms with E-state index < -0.39 is 0 Å². The van der Waals surface area contributed by atoms with Crippen LogP contribution in [0.2, 0.25) is 0 Å². The maximum atomic E-state index is 12.5. The van der Waals surface area contributed by atoms with Crippen LogP contribution >= 0.6 is 0 Å². The third-order valence-corrected chi connectivity index (χ3v) is 3.21. The monoisotopic (exact) mass is 266 g/mol. The van der Waals surface area contributed by atoms with Gasteiger partial charge in [0.15, 0.2) is 0 Å². The van der Waals surface area contributed by atoms with Gasteiger partial charge in [-0.2, -0.15) is 0 Å². The Morgan fingerprint density at radius 3 is 2.75 bits per heavy atom. The van der Waals surface area contributed by atoms with Crippen molar-refractivity contribution < 1.29 is 0 Å². The predicted molar refractivity (Wildman–Crippen MR) is 78.5 cm³/mol. The minimum absolute atomic E-state index is 0.108. The molecule has 0 saturated heterocycles. The Morgan fingerprint density at radius 2 is 2.00 bits per heavy atom. The fourth-order valence-corrected chi connectivity index (χ4v) is 2.14. The lowest BCUT2D eigenvalue weighted by molar-refractivity contribution is 0.751. The number of aromatic nitrogens is 3. The topological polar surface area (TPSA) is 73.8 Å². The zero-order valence-corrected chi connectivity index (χ0v) is 11.1. The molecule has 5 heteroatoms. The van der Waals surface area contributed by atoms with Gasteiger partial charge in [-0.25, -0.2) is 0 Å². The average molecular weight is 266 g/mol. The summed E-state index contributed by atoms with van der Waals surface area (Å²) < 4.78 is 1.52. The Morgan fingerprint density at radius 1 is 1.20 bits per heavy atom. The first-order chi connectivity index (χ1) is 9.65. The van der Waals surface area contributed by atoms with E-state index in [2.05, 4.69) is 9.97 Å². The van der Waals surface area contributed by atoms with Gasteiger partial charge < -0.3 is 5.73 Å². The average Bonchev–Trinajstić information content (AvgIpc) is 2.45. The van der Waals surface area contributed by atoms with E-state index in [-0.39, 0.29) is 5.56 Å². The molecule has 0 amide bonds. The Kier molecular flexibility index (Phi) is 2.95. The van der Waals surface area contributed by atoms with E-state index in [1.54, 1.807) is 24.5 Å². The number of pyridine rings is 1. The third-order valence-electron chi connectivity index (χ3n) is 3.21. The van der Waals surface area contributed by atoms with Crippen LogP contribution < -0.4 is 11.3 Å². The first-order valence-corrected chi connectivity index (χ1v) is 6.31. The molecular weight excluding hydrogens is 252 g/mol. The highest BCUT2D eigenvalue weighted by Gasteiger charge is 2.08. The van der Waals surface area contributed by atoms with E-state index in [1.165, 1.54) is 4.57 Å². The predicted octanol–water partition coefficient (Wildman–Crippen LogP) is 1.73. The summed E-state index contributed by atoms with van der Waals surface area (Å²) in [5.74, 6) is 0.427. The van der Waals surface area contributed by atoms with Gasteiger partial charge in [-0.1, -0.05) is 18.2 Å². The molecule has 0 aliphatic carbocycles. The number of nitrogen functional groups attached to an aromatic ring is 1. The molecule has 1 aromatic carbocycles. The molecule has 2 aromatic heterocycles. The molecule has 0 spiro atoms. The Bertz CT molecular complexity index is 821. The number of benzene rings is 1. The van der Waals surface area contributed by atoms with Crippen molar-refractivity contribution in [3.63, 3.8) is 0 Å². The van der Waals surface area contributed by atoms with Gasteiger partial charge in [-0.05, 0) is 24.4 Å². The van der Waals surface area contributed by atoms with Crippen LogP contribution in [-0.2, 0) is 6.54 Å². The third kappa shape index (κ3) is 2.14. The van der Waals surface area contributed by atoms with Crippen molar-refractivity contribution in [3.8, 4) is 0 Å². The molecule has 0 atom stereocenters. The van der Waals surface area contributed by atoms with Crippen LogP contribution in [0.1, 0.15) is 11.4 Å². The zero-order chi connectivity index (χ0) is 14.1. The lowest BCUT2D eigenvalue weighted by atomic mass is 10.1. The molecule has 0 saturated carbocycles. The van der Waals surface area contributed by atoms with Gasteiger partial charge in [0.2, 0.25) is 0 Å². The van der Waals surface area contributed by atoms with Gasteiger partial charge in [0.25, 0.3) is 5.56 Å². The molecule has 5 nitrogen and oxygen atoms in total. The number of aryl methyl sites for hydroxylation is 1. The normalized spacial score (nSPS) is 10.8. The van der Waals surface area contributed by atoms with E-state index in [0.29, 0.717) is 23.4 Å². The summed E-state index contributed by atoms with van der Waals surface area (Å²) in [5, 5.41) is 1.50. The van der Waals surface area contributed by atoms with Crippen molar-refractivity contribution in [2.75, 3.05) is 5.73 Å². The van der Waals surface area contributed by atoms with E-state index in [4.69, 9.17) is 5.73 Å². The number of nitrogens with zero attached hydrogens (tertiary/aromatic N) is 3. The maximum Gasteiger partial charge on any atom is 0.260 e. The fraction of sp³-hybridized carbons (Fsp3) is 0.133.